The normalized spacial score (nSPS) is 12.0. The van der Waals surface area contributed by atoms with Gasteiger partial charge in [-0.1, -0.05) is 109 Å². The molecule has 0 saturated carbocycles. The van der Waals surface area contributed by atoms with E-state index in [9.17, 15) is 9.59 Å². The van der Waals surface area contributed by atoms with E-state index in [1.54, 1.807) is 0 Å². The van der Waals surface area contributed by atoms with E-state index in [2.05, 4.69) is 109 Å². The van der Waals surface area contributed by atoms with Gasteiger partial charge in [-0.3, -0.25) is 9.59 Å². The van der Waals surface area contributed by atoms with E-state index in [0.29, 0.717) is 12.8 Å². The van der Waals surface area contributed by atoms with Gasteiger partial charge in [0.15, 0.2) is 0 Å². The van der Waals surface area contributed by atoms with Crippen molar-refractivity contribution in [3.05, 3.63) is 120 Å². The second kappa shape index (κ2) is 10.4. The first kappa shape index (κ1) is 25.7. The molecule has 0 aliphatic rings. The largest absolute Gasteiger partial charge is 0.393 e. The Morgan fingerprint density at radius 1 is 0.419 bits per heavy atom. The van der Waals surface area contributed by atoms with Crippen LogP contribution in [-0.4, -0.2) is 11.9 Å². The van der Waals surface area contributed by atoms with Crippen molar-refractivity contribution in [2.45, 2.75) is 38.5 Å². The van der Waals surface area contributed by atoms with Gasteiger partial charge in [-0.05, 0) is 101 Å². The minimum Gasteiger partial charge on any atom is -0.393 e. The number of esters is 2. The summed E-state index contributed by atoms with van der Waals surface area (Å²) >= 11 is 0. The van der Waals surface area contributed by atoms with Crippen LogP contribution in [0.15, 0.2) is 109 Å². The Morgan fingerprint density at radius 2 is 0.767 bits per heavy atom. The minimum atomic E-state index is -0.439. The fraction of sp³-hybridized carbons (Fsp3) is 0.150. The van der Waals surface area contributed by atoms with Crippen LogP contribution in [0.4, 0.5) is 0 Å². The summed E-state index contributed by atoms with van der Waals surface area (Å²) in [5.41, 5.74) is 2.44. The Bertz CT molecular complexity index is 2120. The molecular weight excluding hydrogens is 528 g/mol. The van der Waals surface area contributed by atoms with E-state index in [-0.39, 0.29) is 12.8 Å². The van der Waals surface area contributed by atoms with E-state index in [4.69, 9.17) is 4.74 Å². The SMILES string of the molecule is O=C(CCCc1ccc2ccc3cccc4ccc1c2c34)OC(=O)CCCc1ccc2ccc3cccc4ccc1c2c34. The van der Waals surface area contributed by atoms with Gasteiger partial charge in [0, 0.05) is 12.8 Å². The lowest BCUT2D eigenvalue weighted by Crippen LogP contribution is -2.12. The summed E-state index contributed by atoms with van der Waals surface area (Å²) in [7, 11) is 0. The highest BCUT2D eigenvalue weighted by Gasteiger charge is 2.15. The molecule has 0 bridgehead atoms. The lowest BCUT2D eigenvalue weighted by Gasteiger charge is -2.14. The van der Waals surface area contributed by atoms with E-state index < -0.39 is 11.9 Å². The van der Waals surface area contributed by atoms with Crippen LogP contribution < -0.4 is 0 Å². The van der Waals surface area contributed by atoms with Gasteiger partial charge >= 0.3 is 11.9 Å². The number of benzene rings is 8. The van der Waals surface area contributed by atoms with Gasteiger partial charge < -0.3 is 4.74 Å². The lowest BCUT2D eigenvalue weighted by molar-refractivity contribution is -0.159. The molecule has 0 aliphatic heterocycles. The number of hydrogen-bond donors (Lipinski definition) is 0. The molecular formula is C40H30O3. The van der Waals surface area contributed by atoms with Crippen molar-refractivity contribution >= 4 is 76.6 Å². The predicted molar refractivity (Wildman–Crippen MR) is 177 cm³/mol. The molecule has 0 N–H and O–H groups in total. The molecule has 0 aromatic heterocycles. The van der Waals surface area contributed by atoms with Crippen LogP contribution in [0.5, 0.6) is 0 Å². The van der Waals surface area contributed by atoms with Crippen LogP contribution in [-0.2, 0) is 27.2 Å². The zero-order valence-electron chi connectivity index (χ0n) is 23.9. The van der Waals surface area contributed by atoms with E-state index in [1.807, 2.05) is 0 Å². The monoisotopic (exact) mass is 558 g/mol. The summed E-state index contributed by atoms with van der Waals surface area (Å²) in [6, 6.07) is 39.0. The minimum absolute atomic E-state index is 0.225. The number of ether oxygens (including phenoxy) is 1. The summed E-state index contributed by atoms with van der Waals surface area (Å²) in [6.07, 6.45) is 3.24. The Labute approximate surface area is 249 Å². The zero-order valence-corrected chi connectivity index (χ0v) is 23.9. The van der Waals surface area contributed by atoms with Crippen LogP contribution in [0, 0.1) is 0 Å². The molecule has 3 heteroatoms. The van der Waals surface area contributed by atoms with Crippen LogP contribution in [0.25, 0.3) is 64.6 Å². The average molecular weight is 559 g/mol. The molecule has 0 unspecified atom stereocenters. The fourth-order valence-electron chi connectivity index (χ4n) is 7.10. The summed E-state index contributed by atoms with van der Waals surface area (Å²) < 4.78 is 5.21. The first-order valence-corrected chi connectivity index (χ1v) is 15.2. The van der Waals surface area contributed by atoms with Gasteiger partial charge in [-0.15, -0.1) is 0 Å². The summed E-state index contributed by atoms with van der Waals surface area (Å²) in [6.45, 7) is 0. The maximum Gasteiger partial charge on any atom is 0.313 e. The van der Waals surface area contributed by atoms with Crippen molar-refractivity contribution < 1.29 is 14.3 Å². The Morgan fingerprint density at radius 3 is 1.19 bits per heavy atom. The van der Waals surface area contributed by atoms with Gasteiger partial charge in [0.2, 0.25) is 0 Å². The number of rotatable bonds is 8. The van der Waals surface area contributed by atoms with Crippen molar-refractivity contribution in [2.24, 2.45) is 0 Å². The molecule has 8 aromatic carbocycles. The molecule has 43 heavy (non-hydrogen) atoms. The number of hydrogen-bond acceptors (Lipinski definition) is 3. The number of carbonyl (C=O) groups excluding carboxylic acids is 2. The van der Waals surface area contributed by atoms with Crippen LogP contribution >= 0.6 is 0 Å². The Hall–Kier alpha value is -5.02. The molecule has 8 rings (SSSR count). The van der Waals surface area contributed by atoms with E-state index in [0.717, 1.165) is 12.8 Å². The van der Waals surface area contributed by atoms with E-state index in [1.165, 1.54) is 75.8 Å². The molecule has 0 heterocycles. The molecule has 0 saturated heterocycles. The molecule has 0 aliphatic carbocycles. The highest BCUT2D eigenvalue weighted by molar-refractivity contribution is 6.24. The summed E-state index contributed by atoms with van der Waals surface area (Å²) in [4.78, 5) is 25.1. The second-order valence-corrected chi connectivity index (χ2v) is 11.7. The molecule has 0 radical (unpaired) electrons. The van der Waals surface area contributed by atoms with Gasteiger partial charge in [0.1, 0.15) is 0 Å². The van der Waals surface area contributed by atoms with Crippen molar-refractivity contribution in [3.63, 3.8) is 0 Å². The third kappa shape index (κ3) is 4.44. The average Bonchev–Trinajstić information content (AvgIpc) is 3.03. The van der Waals surface area contributed by atoms with Gasteiger partial charge in [0.25, 0.3) is 0 Å². The molecule has 0 fully saturated rings. The van der Waals surface area contributed by atoms with Crippen LogP contribution in [0.3, 0.4) is 0 Å². The second-order valence-electron chi connectivity index (χ2n) is 11.7. The van der Waals surface area contributed by atoms with Crippen LogP contribution in [0.2, 0.25) is 0 Å². The first-order valence-electron chi connectivity index (χ1n) is 15.2. The Kier molecular flexibility index (Phi) is 6.18. The lowest BCUT2D eigenvalue weighted by atomic mass is 9.90. The third-order valence-corrected chi connectivity index (χ3v) is 9.12. The predicted octanol–water partition coefficient (Wildman–Crippen LogP) is 9.90. The molecule has 208 valence electrons. The highest BCUT2D eigenvalue weighted by Crippen LogP contribution is 2.37. The molecule has 0 amide bonds. The van der Waals surface area contributed by atoms with E-state index >= 15 is 0 Å². The van der Waals surface area contributed by atoms with Gasteiger partial charge in [0.05, 0.1) is 0 Å². The van der Waals surface area contributed by atoms with Crippen LogP contribution in [0.1, 0.15) is 36.8 Å². The number of aryl methyl sites for hydroxylation is 2. The third-order valence-electron chi connectivity index (χ3n) is 9.12. The highest BCUT2D eigenvalue weighted by atomic mass is 16.6. The maximum atomic E-state index is 12.5. The molecule has 0 atom stereocenters. The molecule has 8 aromatic rings. The summed E-state index contributed by atoms with van der Waals surface area (Å²) in [5.74, 6) is -0.879. The fourth-order valence-corrected chi connectivity index (χ4v) is 7.10. The standard InChI is InChI=1S/C40H30O3/c41-35(11-3-5-25-13-15-31-19-17-27-7-1-9-29-21-23-33(25)39(31)37(27)29)43-36(42)12-4-6-26-14-16-32-20-18-28-8-2-10-30-22-24-34(26)40(32)38(28)30/h1-2,7-10,13-24H,3-6,11-12H2. The smallest absolute Gasteiger partial charge is 0.313 e. The van der Waals surface area contributed by atoms with Crippen molar-refractivity contribution in [3.8, 4) is 0 Å². The maximum absolute atomic E-state index is 12.5. The quantitative estimate of drug-likeness (QED) is 0.106. The van der Waals surface area contributed by atoms with Gasteiger partial charge in [-0.25, -0.2) is 0 Å². The Balaban J connectivity index is 0.892. The van der Waals surface area contributed by atoms with Crippen molar-refractivity contribution in [1.82, 2.24) is 0 Å². The first-order chi connectivity index (χ1) is 21.1. The zero-order chi connectivity index (χ0) is 28.9. The topological polar surface area (TPSA) is 43.4 Å². The molecule has 3 nitrogen and oxygen atoms in total. The number of carbonyl (C=O) groups is 2. The summed E-state index contributed by atoms with van der Waals surface area (Å²) in [5, 5.41) is 15.1. The van der Waals surface area contributed by atoms with Crippen molar-refractivity contribution in [2.75, 3.05) is 0 Å². The van der Waals surface area contributed by atoms with Crippen molar-refractivity contribution in [1.29, 1.82) is 0 Å². The van der Waals surface area contributed by atoms with Gasteiger partial charge in [-0.2, -0.15) is 0 Å². The molecule has 0 spiro atoms.